The van der Waals surface area contributed by atoms with Crippen molar-refractivity contribution in [3.8, 4) is 0 Å². The van der Waals surface area contributed by atoms with Gasteiger partial charge in [-0.05, 0) is 26.4 Å². The Labute approximate surface area is 95.3 Å². The van der Waals surface area contributed by atoms with Crippen LogP contribution in [0.15, 0.2) is 5.38 Å². The SMILES string of the molecule is CNCc1csc(CC2CCCCN2)n1. The third-order valence-corrected chi connectivity index (χ3v) is 3.71. The number of nitrogens with zero attached hydrogens (tertiary/aromatic N) is 1. The summed E-state index contributed by atoms with van der Waals surface area (Å²) in [6.45, 7) is 2.06. The van der Waals surface area contributed by atoms with Gasteiger partial charge in [0.25, 0.3) is 0 Å². The first-order valence-corrected chi connectivity index (χ1v) is 6.57. The maximum absolute atomic E-state index is 4.61. The fraction of sp³-hybridized carbons (Fsp3) is 0.727. The highest BCUT2D eigenvalue weighted by molar-refractivity contribution is 7.09. The van der Waals surface area contributed by atoms with Gasteiger partial charge in [0.2, 0.25) is 0 Å². The summed E-state index contributed by atoms with van der Waals surface area (Å²) in [5.74, 6) is 0. The predicted molar refractivity (Wildman–Crippen MR) is 64.2 cm³/mol. The molecule has 2 heterocycles. The maximum atomic E-state index is 4.61. The van der Waals surface area contributed by atoms with Gasteiger partial charge in [-0.1, -0.05) is 6.42 Å². The van der Waals surface area contributed by atoms with Crippen LogP contribution in [0.1, 0.15) is 30.0 Å². The molecule has 0 spiro atoms. The number of thiazole rings is 1. The van der Waals surface area contributed by atoms with Crippen LogP contribution >= 0.6 is 11.3 Å². The van der Waals surface area contributed by atoms with Crippen molar-refractivity contribution in [2.45, 2.75) is 38.3 Å². The van der Waals surface area contributed by atoms with E-state index in [1.807, 2.05) is 7.05 Å². The Hall–Kier alpha value is -0.450. The molecule has 1 aromatic rings. The molecule has 1 aromatic heterocycles. The van der Waals surface area contributed by atoms with E-state index >= 15 is 0 Å². The van der Waals surface area contributed by atoms with Gasteiger partial charge in [0.1, 0.15) is 0 Å². The highest BCUT2D eigenvalue weighted by Crippen LogP contribution is 2.16. The highest BCUT2D eigenvalue weighted by atomic mass is 32.1. The van der Waals surface area contributed by atoms with Gasteiger partial charge < -0.3 is 10.6 Å². The van der Waals surface area contributed by atoms with Crippen molar-refractivity contribution in [2.75, 3.05) is 13.6 Å². The molecule has 1 saturated heterocycles. The number of rotatable bonds is 4. The van der Waals surface area contributed by atoms with Crippen molar-refractivity contribution in [2.24, 2.45) is 0 Å². The lowest BCUT2D eigenvalue weighted by Crippen LogP contribution is -2.35. The third-order valence-electron chi connectivity index (χ3n) is 2.79. The van der Waals surface area contributed by atoms with Crippen LogP contribution in [0.2, 0.25) is 0 Å². The minimum absolute atomic E-state index is 0.660. The Morgan fingerprint density at radius 3 is 3.27 bits per heavy atom. The summed E-state index contributed by atoms with van der Waals surface area (Å²) in [7, 11) is 1.96. The monoisotopic (exact) mass is 225 g/mol. The fourth-order valence-corrected chi connectivity index (χ4v) is 2.89. The first-order valence-electron chi connectivity index (χ1n) is 5.70. The van der Waals surface area contributed by atoms with Crippen LogP contribution in [0, 0.1) is 0 Å². The molecule has 2 rings (SSSR count). The second-order valence-electron chi connectivity index (χ2n) is 4.11. The zero-order chi connectivity index (χ0) is 10.5. The maximum Gasteiger partial charge on any atom is 0.0944 e. The Kier molecular flexibility index (Phi) is 4.11. The second-order valence-corrected chi connectivity index (χ2v) is 5.06. The summed E-state index contributed by atoms with van der Waals surface area (Å²) < 4.78 is 0. The quantitative estimate of drug-likeness (QED) is 0.816. The molecule has 2 N–H and O–H groups in total. The molecule has 0 amide bonds. The molecule has 3 nitrogen and oxygen atoms in total. The molecule has 84 valence electrons. The molecule has 1 unspecified atom stereocenters. The van der Waals surface area contributed by atoms with Gasteiger partial charge in [0, 0.05) is 24.4 Å². The average Bonchev–Trinajstić information content (AvgIpc) is 2.68. The molecule has 0 aliphatic carbocycles. The van der Waals surface area contributed by atoms with Gasteiger partial charge in [-0.2, -0.15) is 0 Å². The lowest BCUT2D eigenvalue weighted by Gasteiger charge is -2.22. The van der Waals surface area contributed by atoms with Gasteiger partial charge in [-0.3, -0.25) is 0 Å². The van der Waals surface area contributed by atoms with Gasteiger partial charge in [-0.15, -0.1) is 11.3 Å². The van der Waals surface area contributed by atoms with Crippen molar-refractivity contribution in [3.63, 3.8) is 0 Å². The summed E-state index contributed by atoms with van der Waals surface area (Å²) >= 11 is 1.79. The number of piperidine rings is 1. The molecule has 1 fully saturated rings. The minimum atomic E-state index is 0.660. The van der Waals surface area contributed by atoms with Crippen LogP contribution in [0.25, 0.3) is 0 Å². The van der Waals surface area contributed by atoms with Crippen LogP contribution in [0.3, 0.4) is 0 Å². The van der Waals surface area contributed by atoms with E-state index in [9.17, 15) is 0 Å². The first kappa shape index (κ1) is 11.0. The average molecular weight is 225 g/mol. The number of hydrogen-bond donors (Lipinski definition) is 2. The predicted octanol–water partition coefficient (Wildman–Crippen LogP) is 1.55. The highest BCUT2D eigenvalue weighted by Gasteiger charge is 2.14. The molecule has 4 heteroatoms. The van der Waals surface area contributed by atoms with E-state index in [0.29, 0.717) is 6.04 Å². The van der Waals surface area contributed by atoms with Gasteiger partial charge in [0.05, 0.1) is 10.7 Å². The van der Waals surface area contributed by atoms with Crippen LogP contribution in [0.5, 0.6) is 0 Å². The largest absolute Gasteiger partial charge is 0.314 e. The molecule has 0 radical (unpaired) electrons. The summed E-state index contributed by atoms with van der Waals surface area (Å²) in [6, 6.07) is 0.660. The first-order chi connectivity index (χ1) is 7.38. The number of hydrogen-bond acceptors (Lipinski definition) is 4. The van der Waals surface area contributed by atoms with Crippen LogP contribution in [-0.4, -0.2) is 24.6 Å². The van der Waals surface area contributed by atoms with E-state index in [1.54, 1.807) is 11.3 Å². The lowest BCUT2D eigenvalue weighted by atomic mass is 10.0. The summed E-state index contributed by atoms with van der Waals surface area (Å²) in [5.41, 5.74) is 1.17. The molecular formula is C11H19N3S. The van der Waals surface area contributed by atoms with E-state index in [0.717, 1.165) is 13.0 Å². The summed E-state index contributed by atoms with van der Waals surface area (Å²) in [6.07, 6.45) is 5.11. The molecule has 1 atom stereocenters. The molecule has 0 bridgehead atoms. The van der Waals surface area contributed by atoms with Crippen LogP contribution in [0.4, 0.5) is 0 Å². The fourth-order valence-electron chi connectivity index (χ4n) is 2.01. The zero-order valence-corrected chi connectivity index (χ0v) is 10.1. The van der Waals surface area contributed by atoms with Crippen molar-refractivity contribution >= 4 is 11.3 Å². The number of nitrogens with one attached hydrogen (secondary N) is 2. The lowest BCUT2D eigenvalue weighted by molar-refractivity contribution is 0.399. The van der Waals surface area contributed by atoms with E-state index < -0.39 is 0 Å². The van der Waals surface area contributed by atoms with Gasteiger partial charge >= 0.3 is 0 Å². The zero-order valence-electron chi connectivity index (χ0n) is 9.25. The summed E-state index contributed by atoms with van der Waals surface area (Å²) in [4.78, 5) is 4.61. The Balaban J connectivity index is 1.86. The minimum Gasteiger partial charge on any atom is -0.314 e. The van der Waals surface area contributed by atoms with E-state index in [-0.39, 0.29) is 0 Å². The molecular weight excluding hydrogens is 206 g/mol. The smallest absolute Gasteiger partial charge is 0.0944 e. The van der Waals surface area contributed by atoms with Gasteiger partial charge in [-0.25, -0.2) is 4.98 Å². The summed E-state index contributed by atoms with van der Waals surface area (Å²) in [5, 5.41) is 10.1. The Morgan fingerprint density at radius 1 is 1.60 bits per heavy atom. The van der Waals surface area contributed by atoms with Crippen LogP contribution in [-0.2, 0) is 13.0 Å². The van der Waals surface area contributed by atoms with Crippen molar-refractivity contribution in [3.05, 3.63) is 16.1 Å². The molecule has 1 aliphatic heterocycles. The van der Waals surface area contributed by atoms with Crippen LogP contribution < -0.4 is 10.6 Å². The Morgan fingerprint density at radius 2 is 2.53 bits per heavy atom. The van der Waals surface area contributed by atoms with E-state index in [1.165, 1.54) is 36.5 Å². The van der Waals surface area contributed by atoms with Crippen molar-refractivity contribution < 1.29 is 0 Å². The van der Waals surface area contributed by atoms with Crippen molar-refractivity contribution in [1.82, 2.24) is 15.6 Å². The Bertz CT molecular complexity index is 292. The molecule has 0 aromatic carbocycles. The van der Waals surface area contributed by atoms with Gasteiger partial charge in [0.15, 0.2) is 0 Å². The molecule has 15 heavy (non-hydrogen) atoms. The van der Waals surface area contributed by atoms with E-state index in [2.05, 4.69) is 21.0 Å². The molecule has 0 saturated carbocycles. The van der Waals surface area contributed by atoms with E-state index in [4.69, 9.17) is 0 Å². The molecule has 1 aliphatic rings. The van der Waals surface area contributed by atoms with Crippen molar-refractivity contribution in [1.29, 1.82) is 0 Å². The number of aromatic nitrogens is 1. The standard InChI is InChI=1S/C11H19N3S/c1-12-7-10-8-15-11(14-10)6-9-4-2-3-5-13-9/h8-9,12-13H,2-7H2,1H3. The topological polar surface area (TPSA) is 37.0 Å². The second kappa shape index (κ2) is 5.58. The normalized spacial score (nSPS) is 21.8. The third kappa shape index (κ3) is 3.26.